The highest BCUT2D eigenvalue weighted by Gasteiger charge is 2.23. The lowest BCUT2D eigenvalue weighted by atomic mass is 10.0. The SMILES string of the molecule is COc1cc(OC)cc(C(NC(=O)/C=C/c2cc([N+](=O)[O-])cc3c2OCOC3)c2nccn2C)c1. The van der Waals surface area contributed by atoms with Gasteiger partial charge in [-0.15, -0.1) is 0 Å². The van der Waals surface area contributed by atoms with Gasteiger partial charge in [0.1, 0.15) is 29.1 Å². The van der Waals surface area contributed by atoms with Gasteiger partial charge < -0.3 is 28.8 Å². The predicted molar refractivity (Wildman–Crippen MR) is 125 cm³/mol. The van der Waals surface area contributed by atoms with Crippen LogP contribution < -0.4 is 19.5 Å². The van der Waals surface area contributed by atoms with Gasteiger partial charge in [-0.05, 0) is 23.8 Å². The average molecular weight is 480 g/mol. The summed E-state index contributed by atoms with van der Waals surface area (Å²) in [5.74, 6) is 1.73. The van der Waals surface area contributed by atoms with Crippen molar-refractivity contribution in [1.29, 1.82) is 0 Å². The fraction of sp³-hybridized carbons (Fsp3) is 0.250. The van der Waals surface area contributed by atoms with Crippen molar-refractivity contribution in [3.8, 4) is 17.2 Å². The minimum absolute atomic E-state index is 0.0246. The van der Waals surface area contributed by atoms with Crippen LogP contribution in [0.1, 0.15) is 28.6 Å². The van der Waals surface area contributed by atoms with E-state index in [1.807, 2.05) is 7.05 Å². The Balaban J connectivity index is 1.66. The largest absolute Gasteiger partial charge is 0.497 e. The zero-order valence-corrected chi connectivity index (χ0v) is 19.4. The molecular formula is C24H24N4O7. The normalized spacial score (nSPS) is 13.6. The average Bonchev–Trinajstić information content (AvgIpc) is 3.30. The minimum Gasteiger partial charge on any atom is -0.497 e. The van der Waals surface area contributed by atoms with E-state index in [9.17, 15) is 14.9 Å². The third-order valence-electron chi connectivity index (χ3n) is 5.46. The summed E-state index contributed by atoms with van der Waals surface area (Å²) < 4.78 is 23.3. The third kappa shape index (κ3) is 5.25. The van der Waals surface area contributed by atoms with Crippen LogP contribution in [0.2, 0.25) is 0 Å². The number of hydrogen-bond acceptors (Lipinski definition) is 8. The smallest absolute Gasteiger partial charge is 0.270 e. The number of hydrogen-bond donors (Lipinski definition) is 1. The van der Waals surface area contributed by atoms with E-state index >= 15 is 0 Å². The Hall–Kier alpha value is -4.38. The van der Waals surface area contributed by atoms with Gasteiger partial charge in [0.25, 0.3) is 5.69 Å². The molecule has 11 heteroatoms. The summed E-state index contributed by atoms with van der Waals surface area (Å²) in [4.78, 5) is 28.2. The number of rotatable bonds is 8. The molecule has 0 spiro atoms. The lowest BCUT2D eigenvalue weighted by molar-refractivity contribution is -0.385. The molecule has 2 heterocycles. The second kappa shape index (κ2) is 10.3. The van der Waals surface area contributed by atoms with Crippen LogP contribution in [0.25, 0.3) is 6.08 Å². The molecule has 0 saturated heterocycles. The lowest BCUT2D eigenvalue weighted by Gasteiger charge is -2.20. The van der Waals surface area contributed by atoms with Gasteiger partial charge >= 0.3 is 0 Å². The number of nitro groups is 1. The van der Waals surface area contributed by atoms with Crippen LogP contribution in [-0.4, -0.2) is 41.4 Å². The fourth-order valence-electron chi connectivity index (χ4n) is 3.76. The van der Waals surface area contributed by atoms with Crippen molar-refractivity contribution in [2.24, 2.45) is 7.05 Å². The van der Waals surface area contributed by atoms with Crippen molar-refractivity contribution in [3.05, 3.63) is 81.4 Å². The number of non-ortho nitro benzene ring substituents is 1. The van der Waals surface area contributed by atoms with Gasteiger partial charge in [0.05, 0.1) is 25.7 Å². The highest BCUT2D eigenvalue weighted by atomic mass is 16.7. The highest BCUT2D eigenvalue weighted by molar-refractivity contribution is 5.92. The van der Waals surface area contributed by atoms with Gasteiger partial charge in [0.2, 0.25) is 5.91 Å². The first-order valence-corrected chi connectivity index (χ1v) is 10.6. The van der Waals surface area contributed by atoms with E-state index in [0.717, 1.165) is 0 Å². The van der Waals surface area contributed by atoms with E-state index in [1.165, 1.54) is 24.3 Å². The molecular weight excluding hydrogens is 456 g/mol. The molecule has 1 aromatic heterocycles. The summed E-state index contributed by atoms with van der Waals surface area (Å²) in [6.45, 7) is 0.208. The van der Waals surface area contributed by atoms with Gasteiger partial charge in [0.15, 0.2) is 6.79 Å². The molecule has 2 aromatic carbocycles. The summed E-state index contributed by atoms with van der Waals surface area (Å²) in [7, 11) is 4.91. The molecule has 35 heavy (non-hydrogen) atoms. The Kier molecular flexibility index (Phi) is 6.97. The standard InChI is InChI=1S/C24H24N4O7/c1-27-7-6-25-24(27)22(16-10-19(32-2)12-20(11-16)33-3)26-21(29)5-4-15-8-18(28(30)31)9-17-13-34-14-35-23(15)17/h4-12,22H,13-14H2,1-3H3,(H,26,29)/b5-4+. The molecule has 1 aliphatic rings. The Morgan fingerprint density at radius 3 is 2.60 bits per heavy atom. The van der Waals surface area contributed by atoms with Crippen LogP contribution >= 0.6 is 0 Å². The maximum atomic E-state index is 13.0. The Morgan fingerprint density at radius 1 is 1.23 bits per heavy atom. The number of nitrogens with one attached hydrogen (secondary N) is 1. The van der Waals surface area contributed by atoms with Crippen molar-refractivity contribution >= 4 is 17.7 Å². The first-order chi connectivity index (χ1) is 16.9. The number of fused-ring (bicyclic) bond motifs is 1. The number of aromatic nitrogens is 2. The molecule has 0 radical (unpaired) electrons. The zero-order chi connectivity index (χ0) is 24.9. The molecule has 4 rings (SSSR count). The molecule has 1 aliphatic heterocycles. The molecule has 1 N–H and O–H groups in total. The molecule has 1 atom stereocenters. The number of carbonyl (C=O) groups is 1. The monoisotopic (exact) mass is 480 g/mol. The van der Waals surface area contributed by atoms with Crippen LogP contribution in [0, 0.1) is 10.1 Å². The summed E-state index contributed by atoms with van der Waals surface area (Å²) in [5, 5.41) is 14.3. The summed E-state index contributed by atoms with van der Waals surface area (Å²) >= 11 is 0. The molecule has 0 fully saturated rings. The quantitative estimate of drug-likeness (QED) is 0.296. The number of amides is 1. The molecule has 0 bridgehead atoms. The van der Waals surface area contributed by atoms with Gasteiger partial charge in [-0.25, -0.2) is 4.98 Å². The molecule has 11 nitrogen and oxygen atoms in total. The molecule has 182 valence electrons. The number of ether oxygens (including phenoxy) is 4. The minimum atomic E-state index is -0.625. The Morgan fingerprint density at radius 2 is 1.97 bits per heavy atom. The van der Waals surface area contributed by atoms with E-state index in [0.29, 0.717) is 39.8 Å². The molecule has 0 saturated carbocycles. The van der Waals surface area contributed by atoms with Gasteiger partial charge in [0, 0.05) is 54.8 Å². The molecule has 1 amide bonds. The van der Waals surface area contributed by atoms with E-state index < -0.39 is 16.9 Å². The Bertz CT molecular complexity index is 1260. The fourth-order valence-corrected chi connectivity index (χ4v) is 3.76. The van der Waals surface area contributed by atoms with E-state index in [1.54, 1.807) is 49.4 Å². The van der Waals surface area contributed by atoms with Crippen LogP contribution in [0.3, 0.4) is 0 Å². The van der Waals surface area contributed by atoms with Gasteiger partial charge in [-0.1, -0.05) is 0 Å². The van der Waals surface area contributed by atoms with E-state index in [-0.39, 0.29) is 19.1 Å². The number of aryl methyl sites for hydroxylation is 1. The van der Waals surface area contributed by atoms with Crippen molar-refractivity contribution in [2.75, 3.05) is 21.0 Å². The van der Waals surface area contributed by atoms with Crippen LogP contribution in [-0.2, 0) is 23.2 Å². The van der Waals surface area contributed by atoms with Crippen LogP contribution in [0.4, 0.5) is 5.69 Å². The number of nitro benzene ring substituents is 1. The molecule has 3 aromatic rings. The second-order valence-corrected chi connectivity index (χ2v) is 7.71. The number of imidazole rings is 1. The zero-order valence-electron chi connectivity index (χ0n) is 19.4. The maximum Gasteiger partial charge on any atom is 0.270 e. The van der Waals surface area contributed by atoms with Crippen molar-refractivity contribution < 1.29 is 28.7 Å². The first-order valence-electron chi connectivity index (χ1n) is 10.6. The van der Waals surface area contributed by atoms with Crippen LogP contribution in [0.15, 0.2) is 48.8 Å². The van der Waals surface area contributed by atoms with Crippen LogP contribution in [0.5, 0.6) is 17.2 Å². The Labute approximate surface area is 201 Å². The number of nitrogens with zero attached hydrogens (tertiary/aromatic N) is 3. The van der Waals surface area contributed by atoms with Crippen molar-refractivity contribution in [1.82, 2.24) is 14.9 Å². The van der Waals surface area contributed by atoms with Gasteiger partial charge in [-0.3, -0.25) is 14.9 Å². The summed E-state index contributed by atoms with van der Waals surface area (Å²) in [5.41, 5.74) is 1.53. The number of methoxy groups -OCH3 is 2. The maximum absolute atomic E-state index is 13.0. The summed E-state index contributed by atoms with van der Waals surface area (Å²) in [6.07, 6.45) is 6.19. The van der Waals surface area contributed by atoms with Crippen molar-refractivity contribution in [2.45, 2.75) is 12.6 Å². The highest BCUT2D eigenvalue weighted by Crippen LogP contribution is 2.34. The molecule has 1 unspecified atom stereocenters. The van der Waals surface area contributed by atoms with Gasteiger partial charge in [-0.2, -0.15) is 0 Å². The molecule has 0 aliphatic carbocycles. The number of benzene rings is 2. The first kappa shape index (κ1) is 23.8. The second-order valence-electron chi connectivity index (χ2n) is 7.71. The predicted octanol–water partition coefficient (Wildman–Crippen LogP) is 3.13. The topological polar surface area (TPSA) is 127 Å². The van der Waals surface area contributed by atoms with Crippen molar-refractivity contribution in [3.63, 3.8) is 0 Å². The van der Waals surface area contributed by atoms with E-state index in [4.69, 9.17) is 18.9 Å². The third-order valence-corrected chi connectivity index (χ3v) is 5.46. The summed E-state index contributed by atoms with van der Waals surface area (Å²) in [6, 6.07) is 7.44. The lowest BCUT2D eigenvalue weighted by Crippen LogP contribution is -2.29. The van der Waals surface area contributed by atoms with E-state index in [2.05, 4.69) is 10.3 Å². The number of carbonyl (C=O) groups excluding carboxylic acids is 1.